The number of halogens is 1. The third-order valence-electron chi connectivity index (χ3n) is 3.01. The Morgan fingerprint density at radius 3 is 3.00 bits per heavy atom. The number of terminal acetylenes is 1. The van der Waals surface area contributed by atoms with Gasteiger partial charge in [0.15, 0.2) is 0 Å². The summed E-state index contributed by atoms with van der Waals surface area (Å²) in [7, 11) is 0. The smallest absolute Gasteiger partial charge is 0.223 e. The monoisotopic (exact) mass is 231 g/mol. The van der Waals surface area contributed by atoms with Crippen LogP contribution in [0.4, 0.5) is 4.39 Å². The van der Waals surface area contributed by atoms with Crippen LogP contribution in [0.5, 0.6) is 0 Å². The molecule has 1 fully saturated rings. The van der Waals surface area contributed by atoms with Crippen LogP contribution in [0.1, 0.15) is 12.0 Å². The van der Waals surface area contributed by atoms with E-state index in [-0.39, 0.29) is 17.6 Å². The average molecular weight is 231 g/mol. The Kier molecular flexibility index (Phi) is 3.43. The molecular formula is C14H14FNO. The summed E-state index contributed by atoms with van der Waals surface area (Å²) < 4.78 is 13.0. The number of rotatable bonds is 3. The van der Waals surface area contributed by atoms with E-state index in [2.05, 4.69) is 5.92 Å². The van der Waals surface area contributed by atoms with Crippen molar-refractivity contribution in [1.82, 2.24) is 4.90 Å². The van der Waals surface area contributed by atoms with E-state index in [1.54, 1.807) is 11.0 Å². The highest BCUT2D eigenvalue weighted by molar-refractivity contribution is 5.79. The van der Waals surface area contributed by atoms with Crippen molar-refractivity contribution in [2.75, 3.05) is 13.1 Å². The zero-order valence-corrected chi connectivity index (χ0v) is 9.53. The molecule has 1 saturated heterocycles. The van der Waals surface area contributed by atoms with Crippen molar-refractivity contribution in [2.24, 2.45) is 5.92 Å². The molecule has 0 bridgehead atoms. The van der Waals surface area contributed by atoms with Gasteiger partial charge < -0.3 is 4.90 Å². The molecular weight excluding hydrogens is 217 g/mol. The summed E-state index contributed by atoms with van der Waals surface area (Å²) in [5.74, 6) is 2.51. The Bertz CT molecular complexity index is 464. The standard InChI is InChI=1S/C14H14FNO/c1-2-11-9-14(17)16(10-11)7-6-12-4-3-5-13(15)8-12/h1,3-5,8,11H,6-7,9-10H2. The quantitative estimate of drug-likeness (QED) is 0.727. The fourth-order valence-corrected chi connectivity index (χ4v) is 2.06. The van der Waals surface area contributed by atoms with E-state index < -0.39 is 0 Å². The minimum atomic E-state index is -0.239. The van der Waals surface area contributed by atoms with Gasteiger partial charge in [0.2, 0.25) is 5.91 Å². The topological polar surface area (TPSA) is 20.3 Å². The van der Waals surface area contributed by atoms with Gasteiger partial charge in [-0.3, -0.25) is 4.79 Å². The molecule has 0 aromatic heterocycles. The molecule has 1 aromatic rings. The van der Waals surface area contributed by atoms with Gasteiger partial charge in [-0.2, -0.15) is 0 Å². The van der Waals surface area contributed by atoms with E-state index in [9.17, 15) is 9.18 Å². The summed E-state index contributed by atoms with van der Waals surface area (Å²) in [5.41, 5.74) is 0.905. The zero-order valence-electron chi connectivity index (χ0n) is 9.53. The first-order valence-corrected chi connectivity index (χ1v) is 5.67. The van der Waals surface area contributed by atoms with Crippen LogP contribution in [0.25, 0.3) is 0 Å². The van der Waals surface area contributed by atoms with Gasteiger partial charge in [0.25, 0.3) is 0 Å². The van der Waals surface area contributed by atoms with Crippen molar-refractivity contribution >= 4 is 5.91 Å². The molecule has 0 radical (unpaired) electrons. The molecule has 1 amide bonds. The van der Waals surface area contributed by atoms with Crippen LogP contribution in [-0.2, 0) is 11.2 Å². The normalized spacial score (nSPS) is 19.4. The van der Waals surface area contributed by atoms with Crippen molar-refractivity contribution < 1.29 is 9.18 Å². The largest absolute Gasteiger partial charge is 0.341 e. The fraction of sp³-hybridized carbons (Fsp3) is 0.357. The number of nitrogens with zero attached hydrogens (tertiary/aromatic N) is 1. The predicted molar refractivity (Wildman–Crippen MR) is 63.6 cm³/mol. The van der Waals surface area contributed by atoms with Crippen molar-refractivity contribution in [2.45, 2.75) is 12.8 Å². The van der Waals surface area contributed by atoms with Crippen LogP contribution in [-0.4, -0.2) is 23.9 Å². The molecule has 0 saturated carbocycles. The number of hydrogen-bond donors (Lipinski definition) is 0. The van der Waals surface area contributed by atoms with E-state index in [0.29, 0.717) is 25.9 Å². The van der Waals surface area contributed by atoms with E-state index in [1.807, 2.05) is 6.07 Å². The third-order valence-corrected chi connectivity index (χ3v) is 3.01. The van der Waals surface area contributed by atoms with Gasteiger partial charge in [-0.05, 0) is 24.1 Å². The molecule has 3 heteroatoms. The molecule has 0 aliphatic carbocycles. The molecule has 17 heavy (non-hydrogen) atoms. The van der Waals surface area contributed by atoms with Crippen LogP contribution < -0.4 is 0 Å². The van der Waals surface area contributed by atoms with Crippen molar-refractivity contribution in [3.63, 3.8) is 0 Å². The molecule has 1 aliphatic heterocycles. The maximum absolute atomic E-state index is 13.0. The summed E-state index contributed by atoms with van der Waals surface area (Å²) in [6, 6.07) is 6.46. The van der Waals surface area contributed by atoms with Gasteiger partial charge in [-0.25, -0.2) is 4.39 Å². The minimum absolute atomic E-state index is 0.0370. The van der Waals surface area contributed by atoms with E-state index in [1.165, 1.54) is 12.1 Å². The maximum Gasteiger partial charge on any atom is 0.223 e. The van der Waals surface area contributed by atoms with Crippen molar-refractivity contribution in [3.05, 3.63) is 35.6 Å². The Labute approximate surface area is 100 Å². The summed E-state index contributed by atoms with van der Waals surface area (Å²) in [6.07, 6.45) is 6.42. The average Bonchev–Trinajstić information content (AvgIpc) is 2.68. The molecule has 1 heterocycles. The number of carbonyl (C=O) groups excluding carboxylic acids is 1. The highest BCUT2D eigenvalue weighted by Gasteiger charge is 2.27. The van der Waals surface area contributed by atoms with E-state index in [4.69, 9.17) is 6.42 Å². The Morgan fingerprint density at radius 2 is 2.35 bits per heavy atom. The first-order valence-electron chi connectivity index (χ1n) is 5.67. The van der Waals surface area contributed by atoms with Gasteiger partial charge in [0, 0.05) is 25.4 Å². The highest BCUT2D eigenvalue weighted by Crippen LogP contribution is 2.17. The number of benzene rings is 1. The van der Waals surface area contributed by atoms with Gasteiger partial charge in [-0.1, -0.05) is 12.1 Å². The summed E-state index contributed by atoms with van der Waals surface area (Å²) in [6.45, 7) is 1.24. The molecule has 1 aliphatic rings. The number of amides is 1. The van der Waals surface area contributed by atoms with Gasteiger partial charge in [0.1, 0.15) is 5.82 Å². The summed E-state index contributed by atoms with van der Waals surface area (Å²) >= 11 is 0. The van der Waals surface area contributed by atoms with Crippen LogP contribution in [0.15, 0.2) is 24.3 Å². The number of likely N-dealkylation sites (tertiary alicyclic amines) is 1. The Hall–Kier alpha value is -1.82. The predicted octanol–water partition coefficient (Wildman–Crippen LogP) is 1.85. The number of carbonyl (C=O) groups is 1. The minimum Gasteiger partial charge on any atom is -0.341 e. The van der Waals surface area contributed by atoms with Crippen molar-refractivity contribution in [3.8, 4) is 12.3 Å². The second-order valence-corrected chi connectivity index (χ2v) is 4.29. The van der Waals surface area contributed by atoms with Crippen LogP contribution in [0.3, 0.4) is 0 Å². The summed E-state index contributed by atoms with van der Waals surface area (Å²) in [5, 5.41) is 0. The molecule has 1 unspecified atom stereocenters. The third kappa shape index (κ3) is 2.85. The number of hydrogen-bond acceptors (Lipinski definition) is 1. The van der Waals surface area contributed by atoms with E-state index >= 15 is 0 Å². The van der Waals surface area contributed by atoms with Gasteiger partial charge in [0.05, 0.1) is 0 Å². The lowest BCUT2D eigenvalue weighted by Crippen LogP contribution is -2.27. The lowest BCUT2D eigenvalue weighted by Gasteiger charge is -2.15. The Balaban J connectivity index is 1.91. The highest BCUT2D eigenvalue weighted by atomic mass is 19.1. The first kappa shape index (κ1) is 11.7. The molecule has 0 N–H and O–H groups in total. The van der Waals surface area contributed by atoms with Crippen LogP contribution in [0.2, 0.25) is 0 Å². The Morgan fingerprint density at radius 1 is 1.53 bits per heavy atom. The fourth-order valence-electron chi connectivity index (χ4n) is 2.06. The molecule has 2 nitrogen and oxygen atoms in total. The van der Waals surface area contributed by atoms with Crippen LogP contribution >= 0.6 is 0 Å². The first-order chi connectivity index (χ1) is 8.19. The summed E-state index contributed by atoms with van der Waals surface area (Å²) in [4.78, 5) is 13.3. The lowest BCUT2D eigenvalue weighted by atomic mass is 10.1. The van der Waals surface area contributed by atoms with Gasteiger partial charge >= 0.3 is 0 Å². The molecule has 0 spiro atoms. The molecule has 2 rings (SSSR count). The SMILES string of the molecule is C#CC1CC(=O)N(CCc2cccc(F)c2)C1. The lowest BCUT2D eigenvalue weighted by molar-refractivity contribution is -0.127. The maximum atomic E-state index is 13.0. The second-order valence-electron chi connectivity index (χ2n) is 4.29. The van der Waals surface area contributed by atoms with E-state index in [0.717, 1.165) is 5.56 Å². The molecule has 1 aromatic carbocycles. The second kappa shape index (κ2) is 5.01. The van der Waals surface area contributed by atoms with Crippen LogP contribution in [0, 0.1) is 24.1 Å². The molecule has 88 valence electrons. The van der Waals surface area contributed by atoms with Crippen molar-refractivity contribution in [1.29, 1.82) is 0 Å². The molecule has 1 atom stereocenters. The van der Waals surface area contributed by atoms with Gasteiger partial charge in [-0.15, -0.1) is 12.3 Å². The zero-order chi connectivity index (χ0) is 12.3.